The topological polar surface area (TPSA) is 88.3 Å². The van der Waals surface area contributed by atoms with E-state index in [1.165, 1.54) is 11.3 Å². The highest BCUT2D eigenvalue weighted by Crippen LogP contribution is 2.41. The second-order valence-electron chi connectivity index (χ2n) is 8.28. The van der Waals surface area contributed by atoms with Gasteiger partial charge in [0.05, 0.1) is 17.0 Å². The molecule has 0 spiro atoms. The van der Waals surface area contributed by atoms with Crippen LogP contribution in [0.15, 0.2) is 46.3 Å². The number of thiophene rings is 1. The van der Waals surface area contributed by atoms with Crippen LogP contribution in [-0.4, -0.2) is 32.4 Å². The van der Waals surface area contributed by atoms with E-state index in [-0.39, 0.29) is 18.4 Å². The summed E-state index contributed by atoms with van der Waals surface area (Å²) in [6.07, 6.45) is 5.19. The van der Waals surface area contributed by atoms with E-state index < -0.39 is 5.54 Å². The van der Waals surface area contributed by atoms with Crippen LogP contribution in [0.5, 0.6) is 0 Å². The van der Waals surface area contributed by atoms with Crippen LogP contribution >= 0.6 is 11.3 Å². The van der Waals surface area contributed by atoms with Crippen molar-refractivity contribution in [2.75, 3.05) is 0 Å². The van der Waals surface area contributed by atoms with E-state index in [2.05, 4.69) is 15.5 Å². The van der Waals surface area contributed by atoms with E-state index in [0.29, 0.717) is 24.7 Å². The molecule has 1 fully saturated rings. The second kappa shape index (κ2) is 8.26. The molecule has 8 heteroatoms. The Morgan fingerprint density at radius 1 is 1.16 bits per heavy atom. The fourth-order valence-electron chi connectivity index (χ4n) is 4.76. The van der Waals surface area contributed by atoms with Crippen LogP contribution in [0.2, 0.25) is 0 Å². The third-order valence-electron chi connectivity index (χ3n) is 6.31. The molecule has 2 aromatic heterocycles. The van der Waals surface area contributed by atoms with Gasteiger partial charge in [0.1, 0.15) is 0 Å². The maximum atomic E-state index is 13.1. The number of nitrogens with zero attached hydrogens (tertiary/aromatic N) is 3. The molecule has 1 aliphatic heterocycles. The molecular formula is C23H24N4O3S. The first-order chi connectivity index (χ1) is 15.1. The summed E-state index contributed by atoms with van der Waals surface area (Å²) in [6.45, 7) is 0.761. The lowest BCUT2D eigenvalue weighted by Gasteiger charge is -2.44. The first kappa shape index (κ1) is 19.9. The number of hydrogen-bond donors (Lipinski definition) is 1. The minimum absolute atomic E-state index is 0.0443. The van der Waals surface area contributed by atoms with Crippen molar-refractivity contribution in [2.45, 2.75) is 57.2 Å². The maximum absolute atomic E-state index is 13.1. The van der Waals surface area contributed by atoms with Gasteiger partial charge in [-0.25, -0.2) is 0 Å². The number of benzene rings is 1. The van der Waals surface area contributed by atoms with Crippen LogP contribution < -0.4 is 5.32 Å². The molecule has 3 heterocycles. The molecule has 2 aliphatic rings. The van der Waals surface area contributed by atoms with E-state index in [1.807, 2.05) is 46.7 Å². The van der Waals surface area contributed by atoms with Gasteiger partial charge in [0.25, 0.3) is 5.91 Å². The Hall–Kier alpha value is -3.00. The smallest absolute Gasteiger partial charge is 0.254 e. The summed E-state index contributed by atoms with van der Waals surface area (Å²) >= 11 is 1.54. The first-order valence-electron chi connectivity index (χ1n) is 10.7. The van der Waals surface area contributed by atoms with Gasteiger partial charge in [0.15, 0.2) is 0 Å². The van der Waals surface area contributed by atoms with Gasteiger partial charge in [0, 0.05) is 18.5 Å². The molecule has 0 saturated heterocycles. The van der Waals surface area contributed by atoms with Gasteiger partial charge in [-0.2, -0.15) is 4.98 Å². The molecule has 0 atom stereocenters. The van der Waals surface area contributed by atoms with E-state index in [9.17, 15) is 9.59 Å². The summed E-state index contributed by atoms with van der Waals surface area (Å²) in [5.74, 6) is 0.854. The third-order valence-corrected chi connectivity index (χ3v) is 7.18. The Balaban J connectivity index is 1.27. The molecule has 0 radical (unpaired) electrons. The molecule has 0 bridgehead atoms. The lowest BCUT2D eigenvalue weighted by Crippen LogP contribution is -2.52. The SMILES string of the molecule is O=C(CC1(N2Cc3ccccc3C2=O)CCCCC1)NCc1nc(-c2cccs2)no1. The van der Waals surface area contributed by atoms with Gasteiger partial charge < -0.3 is 14.7 Å². The van der Waals surface area contributed by atoms with Crippen molar-refractivity contribution in [2.24, 2.45) is 0 Å². The zero-order valence-electron chi connectivity index (χ0n) is 17.2. The van der Waals surface area contributed by atoms with Crippen molar-refractivity contribution < 1.29 is 14.1 Å². The average molecular weight is 437 g/mol. The highest BCUT2D eigenvalue weighted by atomic mass is 32.1. The zero-order valence-corrected chi connectivity index (χ0v) is 18.0. The monoisotopic (exact) mass is 436 g/mol. The van der Waals surface area contributed by atoms with E-state index >= 15 is 0 Å². The van der Waals surface area contributed by atoms with Crippen LogP contribution in [0.1, 0.15) is 60.3 Å². The Morgan fingerprint density at radius 3 is 2.77 bits per heavy atom. The second-order valence-corrected chi connectivity index (χ2v) is 9.22. The highest BCUT2D eigenvalue weighted by Gasteiger charge is 2.45. The van der Waals surface area contributed by atoms with Crippen LogP contribution in [0.4, 0.5) is 0 Å². The van der Waals surface area contributed by atoms with Gasteiger partial charge in [-0.3, -0.25) is 9.59 Å². The van der Waals surface area contributed by atoms with Gasteiger partial charge >= 0.3 is 0 Å². The van der Waals surface area contributed by atoms with Crippen molar-refractivity contribution in [1.29, 1.82) is 0 Å². The van der Waals surface area contributed by atoms with E-state index in [4.69, 9.17) is 4.52 Å². The van der Waals surface area contributed by atoms with Crippen molar-refractivity contribution in [3.8, 4) is 10.7 Å². The minimum atomic E-state index is -0.435. The number of fused-ring (bicyclic) bond motifs is 1. The molecule has 1 aliphatic carbocycles. The van der Waals surface area contributed by atoms with Crippen molar-refractivity contribution in [3.05, 3.63) is 58.8 Å². The molecule has 1 N–H and O–H groups in total. The van der Waals surface area contributed by atoms with Crippen LogP contribution in [0.3, 0.4) is 0 Å². The molecule has 1 aromatic carbocycles. The molecule has 160 valence electrons. The van der Waals surface area contributed by atoms with Gasteiger partial charge in [-0.15, -0.1) is 11.3 Å². The summed E-state index contributed by atoms with van der Waals surface area (Å²) in [7, 11) is 0. The van der Waals surface area contributed by atoms with Crippen molar-refractivity contribution in [1.82, 2.24) is 20.4 Å². The molecule has 31 heavy (non-hydrogen) atoms. The molecule has 5 rings (SSSR count). The summed E-state index contributed by atoms with van der Waals surface area (Å²) in [6, 6.07) is 11.6. The lowest BCUT2D eigenvalue weighted by molar-refractivity contribution is -0.124. The van der Waals surface area contributed by atoms with Gasteiger partial charge in [-0.05, 0) is 35.9 Å². The van der Waals surface area contributed by atoms with Crippen LogP contribution in [0, 0.1) is 0 Å². The van der Waals surface area contributed by atoms with Gasteiger partial charge in [-0.1, -0.05) is 48.7 Å². The number of carbonyl (C=O) groups is 2. The van der Waals surface area contributed by atoms with Crippen LogP contribution in [0.25, 0.3) is 10.7 Å². The standard InChI is InChI=1S/C23H24N4O3S/c28-19(24-14-20-25-21(26-30-20)18-9-6-12-31-18)13-23(10-4-1-5-11-23)27-15-16-7-2-3-8-17(16)22(27)29/h2-3,6-9,12H,1,4-5,10-11,13-15H2,(H,24,28). The normalized spacial score (nSPS) is 17.5. The van der Waals surface area contributed by atoms with Gasteiger partial charge in [0.2, 0.25) is 17.6 Å². The predicted molar refractivity (Wildman–Crippen MR) is 116 cm³/mol. The number of nitrogens with one attached hydrogen (secondary N) is 1. The zero-order chi connectivity index (χ0) is 21.3. The fourth-order valence-corrected chi connectivity index (χ4v) is 5.41. The number of carbonyl (C=O) groups excluding carboxylic acids is 2. The molecule has 7 nitrogen and oxygen atoms in total. The molecular weight excluding hydrogens is 412 g/mol. The molecule has 0 unspecified atom stereocenters. The Morgan fingerprint density at radius 2 is 2.00 bits per heavy atom. The highest BCUT2D eigenvalue weighted by molar-refractivity contribution is 7.13. The van der Waals surface area contributed by atoms with E-state index in [0.717, 1.165) is 48.1 Å². The fraction of sp³-hybridized carbons (Fsp3) is 0.391. The summed E-state index contributed by atoms with van der Waals surface area (Å²) in [5.41, 5.74) is 1.37. The number of hydrogen-bond acceptors (Lipinski definition) is 6. The summed E-state index contributed by atoms with van der Waals surface area (Å²) in [5, 5.41) is 8.85. The molecule has 1 saturated carbocycles. The average Bonchev–Trinajstić information content (AvgIpc) is 3.54. The maximum Gasteiger partial charge on any atom is 0.254 e. The Labute approximate surface area is 184 Å². The summed E-state index contributed by atoms with van der Waals surface area (Å²) in [4.78, 5) is 33.3. The minimum Gasteiger partial charge on any atom is -0.347 e. The lowest BCUT2D eigenvalue weighted by atomic mass is 9.77. The van der Waals surface area contributed by atoms with Crippen LogP contribution in [-0.2, 0) is 17.9 Å². The Kier molecular flexibility index (Phi) is 5.31. The summed E-state index contributed by atoms with van der Waals surface area (Å²) < 4.78 is 5.28. The quantitative estimate of drug-likeness (QED) is 0.627. The van der Waals surface area contributed by atoms with E-state index in [1.54, 1.807) is 0 Å². The predicted octanol–water partition coefficient (Wildman–Crippen LogP) is 4.16. The molecule has 3 aromatic rings. The first-order valence-corrected chi connectivity index (χ1v) is 11.6. The largest absolute Gasteiger partial charge is 0.347 e. The third kappa shape index (κ3) is 3.87. The number of amides is 2. The number of rotatable bonds is 6. The van der Waals surface area contributed by atoms with Crippen molar-refractivity contribution in [3.63, 3.8) is 0 Å². The number of aromatic nitrogens is 2. The molecule has 2 amide bonds. The Bertz CT molecular complexity index is 1090. The van der Waals surface area contributed by atoms with Crippen molar-refractivity contribution >= 4 is 23.2 Å².